The molecule has 3 aromatic rings. The molecule has 3 rings (SSSR count). The van der Waals surface area contributed by atoms with Crippen molar-refractivity contribution in [2.45, 2.75) is 6.92 Å². The zero-order valence-corrected chi connectivity index (χ0v) is 10.4. The Hall–Kier alpha value is -2.55. The molecule has 0 spiro atoms. The van der Waals surface area contributed by atoms with Gasteiger partial charge >= 0.3 is 5.63 Å². The maximum atomic E-state index is 12.0. The topological polar surface area (TPSA) is 50.4 Å². The summed E-state index contributed by atoms with van der Waals surface area (Å²) in [5.74, 6) is -0.0318. The minimum absolute atomic E-state index is 0.0318. The fourth-order valence-corrected chi connectivity index (χ4v) is 2.11. The van der Waals surface area contributed by atoms with Crippen LogP contribution in [0.4, 0.5) is 0 Å². The third-order valence-electron chi connectivity index (χ3n) is 3.13. The van der Waals surface area contributed by atoms with Crippen molar-refractivity contribution in [3.63, 3.8) is 0 Å². The molecule has 2 aromatic carbocycles. The van der Waals surface area contributed by atoms with Gasteiger partial charge in [-0.25, -0.2) is 4.79 Å². The molecule has 3 nitrogen and oxygen atoms in total. The van der Waals surface area contributed by atoms with Gasteiger partial charge in [0.25, 0.3) is 0 Å². The molecule has 0 saturated carbocycles. The second-order valence-electron chi connectivity index (χ2n) is 4.48. The Kier molecular flexibility index (Phi) is 2.60. The van der Waals surface area contributed by atoms with E-state index in [4.69, 9.17) is 4.42 Å². The molecule has 0 radical (unpaired) electrons. The lowest BCUT2D eigenvalue weighted by atomic mass is 10.0. The Morgan fingerprint density at radius 1 is 1.00 bits per heavy atom. The molecule has 0 unspecified atom stereocenters. The molecule has 0 aliphatic rings. The first kappa shape index (κ1) is 11.5. The second kappa shape index (κ2) is 4.28. The highest BCUT2D eigenvalue weighted by Crippen LogP contribution is 2.32. The first-order valence-electron chi connectivity index (χ1n) is 5.98. The van der Waals surface area contributed by atoms with Gasteiger partial charge in [-0.1, -0.05) is 42.0 Å². The van der Waals surface area contributed by atoms with Gasteiger partial charge in [0.1, 0.15) is 16.9 Å². The lowest BCUT2D eigenvalue weighted by Gasteiger charge is -2.06. The molecule has 0 fully saturated rings. The first-order valence-corrected chi connectivity index (χ1v) is 5.98. The van der Waals surface area contributed by atoms with Crippen LogP contribution in [-0.2, 0) is 0 Å². The normalized spacial score (nSPS) is 10.8. The van der Waals surface area contributed by atoms with Crippen molar-refractivity contribution in [2.24, 2.45) is 0 Å². The molecule has 1 N–H and O–H groups in total. The van der Waals surface area contributed by atoms with Crippen LogP contribution in [0.5, 0.6) is 5.75 Å². The summed E-state index contributed by atoms with van der Waals surface area (Å²) in [5.41, 5.74) is 1.82. The van der Waals surface area contributed by atoms with Crippen molar-refractivity contribution in [2.75, 3.05) is 0 Å². The Morgan fingerprint density at radius 3 is 2.42 bits per heavy atom. The summed E-state index contributed by atoms with van der Waals surface area (Å²) in [7, 11) is 0. The summed E-state index contributed by atoms with van der Waals surface area (Å²) in [4.78, 5) is 12.0. The smallest absolute Gasteiger partial charge is 0.347 e. The zero-order chi connectivity index (χ0) is 13.4. The first-order chi connectivity index (χ1) is 9.16. The van der Waals surface area contributed by atoms with Crippen molar-refractivity contribution in [1.82, 2.24) is 0 Å². The molecule has 19 heavy (non-hydrogen) atoms. The quantitative estimate of drug-likeness (QED) is 0.674. The molecular formula is C16H12O3. The van der Waals surface area contributed by atoms with Crippen LogP contribution in [0.15, 0.2) is 57.7 Å². The summed E-state index contributed by atoms with van der Waals surface area (Å²) in [6, 6.07) is 14.3. The lowest BCUT2D eigenvalue weighted by Crippen LogP contribution is -2.03. The number of hydrogen-bond donors (Lipinski definition) is 1. The fraction of sp³-hybridized carbons (Fsp3) is 0.0625. The van der Waals surface area contributed by atoms with Gasteiger partial charge in [0.15, 0.2) is 0 Å². The maximum absolute atomic E-state index is 12.0. The van der Waals surface area contributed by atoms with Crippen LogP contribution in [0.3, 0.4) is 0 Å². The Labute approximate surface area is 109 Å². The predicted molar refractivity (Wildman–Crippen MR) is 74.3 cm³/mol. The predicted octanol–water partition coefficient (Wildman–Crippen LogP) is 3.47. The van der Waals surface area contributed by atoms with Gasteiger partial charge in [-0.05, 0) is 24.6 Å². The van der Waals surface area contributed by atoms with Crippen molar-refractivity contribution in [3.8, 4) is 16.9 Å². The molecule has 0 saturated heterocycles. The average Bonchev–Trinajstić information content (AvgIpc) is 2.41. The number of para-hydroxylation sites is 1. The molecule has 1 heterocycles. The van der Waals surface area contributed by atoms with Crippen LogP contribution in [0.25, 0.3) is 22.1 Å². The van der Waals surface area contributed by atoms with Crippen LogP contribution < -0.4 is 5.63 Å². The van der Waals surface area contributed by atoms with Crippen molar-refractivity contribution in [1.29, 1.82) is 0 Å². The third kappa shape index (κ3) is 1.89. The lowest BCUT2D eigenvalue weighted by molar-refractivity contribution is 0.471. The molecule has 0 atom stereocenters. The van der Waals surface area contributed by atoms with E-state index in [9.17, 15) is 9.90 Å². The van der Waals surface area contributed by atoms with E-state index < -0.39 is 5.63 Å². The number of benzene rings is 2. The molecule has 0 aliphatic heterocycles. The van der Waals surface area contributed by atoms with Gasteiger partial charge in [-0.3, -0.25) is 0 Å². The van der Waals surface area contributed by atoms with Crippen LogP contribution in [0.2, 0.25) is 0 Å². The maximum Gasteiger partial charge on any atom is 0.347 e. The van der Waals surface area contributed by atoms with Crippen LogP contribution in [-0.4, -0.2) is 5.11 Å². The Bertz CT molecular complexity index is 798. The monoisotopic (exact) mass is 252 g/mol. The number of fused-ring (bicyclic) bond motifs is 1. The minimum atomic E-state index is -0.528. The SMILES string of the molecule is Cc1ccc(-c2c(O)c3ccccc3oc2=O)cc1. The van der Waals surface area contributed by atoms with Gasteiger partial charge < -0.3 is 9.52 Å². The summed E-state index contributed by atoms with van der Waals surface area (Å²) >= 11 is 0. The van der Waals surface area contributed by atoms with E-state index in [1.807, 2.05) is 19.1 Å². The molecule has 1 aromatic heterocycles. The van der Waals surface area contributed by atoms with Gasteiger partial charge in [-0.15, -0.1) is 0 Å². The summed E-state index contributed by atoms with van der Waals surface area (Å²) < 4.78 is 5.24. The third-order valence-corrected chi connectivity index (χ3v) is 3.13. The molecular weight excluding hydrogens is 240 g/mol. The van der Waals surface area contributed by atoms with Crippen molar-refractivity contribution < 1.29 is 9.52 Å². The van der Waals surface area contributed by atoms with E-state index in [2.05, 4.69) is 0 Å². The van der Waals surface area contributed by atoms with E-state index in [1.54, 1.807) is 36.4 Å². The number of aryl methyl sites for hydroxylation is 1. The number of hydrogen-bond acceptors (Lipinski definition) is 3. The summed E-state index contributed by atoms with van der Waals surface area (Å²) in [5, 5.41) is 10.8. The van der Waals surface area contributed by atoms with E-state index in [1.165, 1.54) is 0 Å². The highest BCUT2D eigenvalue weighted by molar-refractivity contribution is 5.90. The van der Waals surface area contributed by atoms with Crippen LogP contribution >= 0.6 is 0 Å². The fourth-order valence-electron chi connectivity index (χ4n) is 2.11. The Morgan fingerprint density at radius 2 is 1.68 bits per heavy atom. The van der Waals surface area contributed by atoms with E-state index >= 15 is 0 Å². The van der Waals surface area contributed by atoms with E-state index in [-0.39, 0.29) is 11.3 Å². The Balaban J connectivity index is 2.35. The summed E-state index contributed by atoms with van der Waals surface area (Å²) in [6.45, 7) is 1.96. The van der Waals surface area contributed by atoms with E-state index in [0.29, 0.717) is 16.5 Å². The summed E-state index contributed by atoms with van der Waals surface area (Å²) in [6.07, 6.45) is 0. The zero-order valence-electron chi connectivity index (χ0n) is 10.4. The van der Waals surface area contributed by atoms with Crippen LogP contribution in [0.1, 0.15) is 5.56 Å². The largest absolute Gasteiger partial charge is 0.506 e. The molecule has 94 valence electrons. The molecule has 0 bridgehead atoms. The van der Waals surface area contributed by atoms with Gasteiger partial charge in [0.05, 0.1) is 5.39 Å². The van der Waals surface area contributed by atoms with Gasteiger partial charge in [0.2, 0.25) is 0 Å². The van der Waals surface area contributed by atoms with Crippen molar-refractivity contribution in [3.05, 3.63) is 64.5 Å². The van der Waals surface area contributed by atoms with Crippen molar-refractivity contribution >= 4 is 11.0 Å². The van der Waals surface area contributed by atoms with Crippen LogP contribution in [0, 0.1) is 6.92 Å². The highest BCUT2D eigenvalue weighted by atomic mass is 16.4. The molecule has 0 aliphatic carbocycles. The minimum Gasteiger partial charge on any atom is -0.506 e. The second-order valence-corrected chi connectivity index (χ2v) is 4.48. The number of aromatic hydroxyl groups is 1. The molecule has 0 amide bonds. The van der Waals surface area contributed by atoms with Gasteiger partial charge in [-0.2, -0.15) is 0 Å². The molecule has 3 heteroatoms. The average molecular weight is 252 g/mol. The van der Waals surface area contributed by atoms with Gasteiger partial charge in [0, 0.05) is 0 Å². The standard InChI is InChI=1S/C16H12O3/c1-10-6-8-11(9-7-10)14-15(17)12-4-2-3-5-13(12)19-16(14)18/h2-9,17H,1H3. The highest BCUT2D eigenvalue weighted by Gasteiger charge is 2.15. The van der Waals surface area contributed by atoms with E-state index in [0.717, 1.165) is 5.56 Å². The number of rotatable bonds is 1.